The Morgan fingerprint density at radius 1 is 1.00 bits per heavy atom. The standard InChI is InChI=1S/C12H25NO.ClH/c1-3-5-6-7-8-10-11(9-4-2)12(13)14;/h11H,3-10H2,1-2H3,(H2,13,14);1H. The minimum atomic E-state index is -0.109. The van der Waals surface area contributed by atoms with Gasteiger partial charge in [0.05, 0.1) is 0 Å². The van der Waals surface area contributed by atoms with Gasteiger partial charge in [-0.3, -0.25) is 4.79 Å². The molecule has 1 unspecified atom stereocenters. The van der Waals surface area contributed by atoms with E-state index < -0.39 is 0 Å². The van der Waals surface area contributed by atoms with E-state index in [4.69, 9.17) is 5.73 Å². The van der Waals surface area contributed by atoms with Gasteiger partial charge in [0.1, 0.15) is 0 Å². The molecule has 2 N–H and O–H groups in total. The molecule has 0 heterocycles. The summed E-state index contributed by atoms with van der Waals surface area (Å²) in [5.74, 6) is 0.0176. The summed E-state index contributed by atoms with van der Waals surface area (Å²) in [7, 11) is 0. The highest BCUT2D eigenvalue weighted by molar-refractivity contribution is 5.85. The smallest absolute Gasteiger partial charge is 0.220 e. The predicted octanol–water partition coefficient (Wildman–Crippen LogP) is 3.67. The maximum Gasteiger partial charge on any atom is 0.220 e. The molecule has 0 radical (unpaired) electrons. The number of nitrogens with two attached hydrogens (primary N) is 1. The summed E-state index contributed by atoms with van der Waals surface area (Å²) in [5.41, 5.74) is 5.32. The number of primary amides is 1. The van der Waals surface area contributed by atoms with Crippen LogP contribution in [0.25, 0.3) is 0 Å². The molecule has 92 valence electrons. The number of carbonyl (C=O) groups excluding carboxylic acids is 1. The van der Waals surface area contributed by atoms with E-state index >= 15 is 0 Å². The lowest BCUT2D eigenvalue weighted by molar-refractivity contribution is -0.122. The molecule has 0 aromatic rings. The molecule has 1 atom stereocenters. The van der Waals surface area contributed by atoms with Crippen molar-refractivity contribution in [3.8, 4) is 0 Å². The maximum absolute atomic E-state index is 11.0. The van der Waals surface area contributed by atoms with Gasteiger partial charge < -0.3 is 5.73 Å². The second-order valence-electron chi connectivity index (χ2n) is 4.09. The first kappa shape index (κ1) is 17.2. The minimum absolute atomic E-state index is 0. The van der Waals surface area contributed by atoms with Gasteiger partial charge in [-0.2, -0.15) is 0 Å². The van der Waals surface area contributed by atoms with Crippen LogP contribution in [0.5, 0.6) is 0 Å². The van der Waals surface area contributed by atoms with Crippen molar-refractivity contribution < 1.29 is 4.79 Å². The lowest BCUT2D eigenvalue weighted by Gasteiger charge is -2.11. The zero-order valence-corrected chi connectivity index (χ0v) is 10.9. The molecule has 0 aromatic heterocycles. The molecule has 0 aromatic carbocycles. The quantitative estimate of drug-likeness (QED) is 0.609. The van der Waals surface area contributed by atoms with E-state index in [1.807, 2.05) is 0 Å². The Bertz CT molecular complexity index is 151. The van der Waals surface area contributed by atoms with Crippen LogP contribution in [0.4, 0.5) is 0 Å². The molecule has 0 rings (SSSR count). The predicted molar refractivity (Wildman–Crippen MR) is 68.2 cm³/mol. The van der Waals surface area contributed by atoms with E-state index in [-0.39, 0.29) is 24.2 Å². The summed E-state index contributed by atoms with van der Waals surface area (Å²) in [5, 5.41) is 0. The third kappa shape index (κ3) is 10.1. The minimum Gasteiger partial charge on any atom is -0.369 e. The fourth-order valence-corrected chi connectivity index (χ4v) is 1.77. The highest BCUT2D eigenvalue weighted by atomic mass is 35.5. The topological polar surface area (TPSA) is 43.1 Å². The number of unbranched alkanes of at least 4 members (excludes halogenated alkanes) is 4. The van der Waals surface area contributed by atoms with Crippen LogP contribution >= 0.6 is 12.4 Å². The first-order valence-corrected chi connectivity index (χ1v) is 6.01. The van der Waals surface area contributed by atoms with Crippen molar-refractivity contribution in [1.82, 2.24) is 0 Å². The molecule has 0 aliphatic heterocycles. The molecule has 0 aliphatic rings. The van der Waals surface area contributed by atoms with Gasteiger partial charge in [0.2, 0.25) is 5.91 Å². The van der Waals surface area contributed by atoms with Crippen LogP contribution in [-0.2, 0) is 4.79 Å². The van der Waals surface area contributed by atoms with Gasteiger partial charge >= 0.3 is 0 Å². The summed E-state index contributed by atoms with van der Waals surface area (Å²) in [4.78, 5) is 11.0. The van der Waals surface area contributed by atoms with Gasteiger partial charge in [0.25, 0.3) is 0 Å². The van der Waals surface area contributed by atoms with Gasteiger partial charge in [-0.25, -0.2) is 0 Å². The molecular weight excluding hydrogens is 210 g/mol. The monoisotopic (exact) mass is 235 g/mol. The number of halogens is 1. The maximum atomic E-state index is 11.0. The van der Waals surface area contributed by atoms with Crippen LogP contribution in [0.1, 0.15) is 65.2 Å². The Balaban J connectivity index is 0. The van der Waals surface area contributed by atoms with Gasteiger partial charge in [-0.1, -0.05) is 52.4 Å². The fourth-order valence-electron chi connectivity index (χ4n) is 1.77. The Labute approximate surface area is 100 Å². The number of hydrogen-bond donors (Lipinski definition) is 1. The molecule has 0 saturated carbocycles. The average Bonchev–Trinajstić information content (AvgIpc) is 2.15. The highest BCUT2D eigenvalue weighted by Crippen LogP contribution is 2.15. The first-order chi connectivity index (χ1) is 6.72. The number of carbonyl (C=O) groups is 1. The Hall–Kier alpha value is -0.240. The molecule has 0 bridgehead atoms. The van der Waals surface area contributed by atoms with Gasteiger partial charge in [0.15, 0.2) is 0 Å². The molecule has 0 fully saturated rings. The molecule has 2 nitrogen and oxygen atoms in total. The van der Waals surface area contributed by atoms with Crippen molar-refractivity contribution in [2.24, 2.45) is 11.7 Å². The zero-order valence-electron chi connectivity index (χ0n) is 10.1. The summed E-state index contributed by atoms with van der Waals surface area (Å²) in [6, 6.07) is 0. The Morgan fingerprint density at radius 3 is 2.07 bits per heavy atom. The van der Waals surface area contributed by atoms with E-state index in [1.165, 1.54) is 25.7 Å². The van der Waals surface area contributed by atoms with E-state index in [0.717, 1.165) is 25.7 Å². The third-order valence-electron chi connectivity index (χ3n) is 2.70. The van der Waals surface area contributed by atoms with Crippen molar-refractivity contribution in [3.63, 3.8) is 0 Å². The van der Waals surface area contributed by atoms with Crippen molar-refractivity contribution >= 4 is 18.3 Å². The van der Waals surface area contributed by atoms with Crippen LogP contribution in [0.15, 0.2) is 0 Å². The molecule has 0 spiro atoms. The number of hydrogen-bond acceptors (Lipinski definition) is 1. The number of amides is 1. The SMILES string of the molecule is CCCCCCCC(CCC)C(N)=O.Cl. The second-order valence-corrected chi connectivity index (χ2v) is 4.09. The highest BCUT2D eigenvalue weighted by Gasteiger charge is 2.12. The van der Waals surface area contributed by atoms with Crippen molar-refractivity contribution in [3.05, 3.63) is 0 Å². The molecule has 0 saturated heterocycles. The zero-order chi connectivity index (χ0) is 10.8. The molecular formula is C12H26ClNO. The van der Waals surface area contributed by atoms with E-state index in [9.17, 15) is 4.79 Å². The summed E-state index contributed by atoms with van der Waals surface area (Å²) < 4.78 is 0. The van der Waals surface area contributed by atoms with Gasteiger partial charge in [-0.15, -0.1) is 12.4 Å². The van der Waals surface area contributed by atoms with E-state index in [2.05, 4.69) is 13.8 Å². The lowest BCUT2D eigenvalue weighted by atomic mass is 9.95. The Morgan fingerprint density at radius 2 is 1.60 bits per heavy atom. The fraction of sp³-hybridized carbons (Fsp3) is 0.917. The van der Waals surface area contributed by atoms with Crippen LogP contribution in [0.2, 0.25) is 0 Å². The summed E-state index contributed by atoms with van der Waals surface area (Å²) in [6.45, 7) is 4.32. The second kappa shape index (κ2) is 11.8. The largest absolute Gasteiger partial charge is 0.369 e. The van der Waals surface area contributed by atoms with Crippen molar-refractivity contribution in [2.45, 2.75) is 65.2 Å². The van der Waals surface area contributed by atoms with Crippen LogP contribution < -0.4 is 5.73 Å². The van der Waals surface area contributed by atoms with E-state index in [0.29, 0.717) is 0 Å². The van der Waals surface area contributed by atoms with E-state index in [1.54, 1.807) is 0 Å². The van der Waals surface area contributed by atoms with Crippen LogP contribution in [0, 0.1) is 5.92 Å². The number of rotatable bonds is 9. The summed E-state index contributed by atoms with van der Waals surface area (Å²) >= 11 is 0. The van der Waals surface area contributed by atoms with Gasteiger partial charge in [-0.05, 0) is 12.8 Å². The molecule has 0 aliphatic carbocycles. The normalized spacial score (nSPS) is 11.9. The Kier molecular flexibility index (Phi) is 13.5. The third-order valence-corrected chi connectivity index (χ3v) is 2.70. The van der Waals surface area contributed by atoms with Crippen molar-refractivity contribution in [2.75, 3.05) is 0 Å². The lowest BCUT2D eigenvalue weighted by Crippen LogP contribution is -2.23. The molecule has 3 heteroatoms. The first-order valence-electron chi connectivity index (χ1n) is 6.01. The molecule has 15 heavy (non-hydrogen) atoms. The average molecular weight is 236 g/mol. The summed E-state index contributed by atoms with van der Waals surface area (Å²) in [6.07, 6.45) is 9.31. The van der Waals surface area contributed by atoms with Crippen LogP contribution in [0.3, 0.4) is 0 Å². The molecule has 1 amide bonds. The van der Waals surface area contributed by atoms with Crippen LogP contribution in [-0.4, -0.2) is 5.91 Å². The van der Waals surface area contributed by atoms with Crippen molar-refractivity contribution in [1.29, 1.82) is 0 Å². The van der Waals surface area contributed by atoms with Gasteiger partial charge in [0, 0.05) is 5.92 Å².